The number of halogens is 2. The van der Waals surface area contributed by atoms with Gasteiger partial charge in [-0.05, 0) is 48.2 Å². The van der Waals surface area contributed by atoms with Crippen molar-refractivity contribution in [2.75, 3.05) is 23.7 Å². The van der Waals surface area contributed by atoms with Gasteiger partial charge in [-0.15, -0.1) is 0 Å². The Balaban J connectivity index is 2.07. The summed E-state index contributed by atoms with van der Waals surface area (Å²) in [5.41, 5.74) is 2.70. The zero-order chi connectivity index (χ0) is 29.4. The average molecular weight is 605 g/mol. The van der Waals surface area contributed by atoms with E-state index in [1.807, 2.05) is 56.3 Å². The highest BCUT2D eigenvalue weighted by Crippen LogP contribution is 2.28. The molecule has 0 heterocycles. The van der Waals surface area contributed by atoms with Gasteiger partial charge in [-0.1, -0.05) is 85.6 Å². The van der Waals surface area contributed by atoms with E-state index in [0.717, 1.165) is 21.7 Å². The summed E-state index contributed by atoms with van der Waals surface area (Å²) in [5, 5.41) is 3.49. The number of rotatable bonds is 12. The van der Waals surface area contributed by atoms with Gasteiger partial charge in [-0.2, -0.15) is 0 Å². The summed E-state index contributed by atoms with van der Waals surface area (Å²) < 4.78 is 26.9. The number of benzene rings is 3. The Morgan fingerprint density at radius 1 is 0.900 bits per heavy atom. The van der Waals surface area contributed by atoms with Crippen molar-refractivity contribution in [2.45, 2.75) is 45.7 Å². The number of carbonyl (C=O) groups excluding carboxylic acids is 2. The number of nitrogens with one attached hydrogen (secondary N) is 1. The number of nitrogens with zero attached hydrogens (tertiary/aromatic N) is 2. The third kappa shape index (κ3) is 8.22. The SMILES string of the molecule is CCNC(=O)C(Cc1ccccc1)N(Cc1c(Cl)cccc1Cl)C(=O)CN(c1ccc(C(C)C)cc1)S(C)(=O)=O. The van der Waals surface area contributed by atoms with Crippen LogP contribution >= 0.6 is 23.2 Å². The van der Waals surface area contributed by atoms with Crippen LogP contribution in [-0.4, -0.2) is 50.5 Å². The number of sulfonamides is 1. The molecule has 3 aromatic rings. The zero-order valence-corrected chi connectivity index (χ0v) is 25.4. The maximum atomic E-state index is 14.1. The summed E-state index contributed by atoms with van der Waals surface area (Å²) in [5.74, 6) is -0.675. The molecule has 214 valence electrons. The fraction of sp³-hybridized carbons (Fsp3) is 0.333. The lowest BCUT2D eigenvalue weighted by molar-refractivity contribution is -0.140. The fourth-order valence-electron chi connectivity index (χ4n) is 4.34. The van der Waals surface area contributed by atoms with Gasteiger partial charge in [0, 0.05) is 35.1 Å². The maximum Gasteiger partial charge on any atom is 0.244 e. The smallest absolute Gasteiger partial charge is 0.244 e. The van der Waals surface area contributed by atoms with Crippen molar-refractivity contribution >= 4 is 50.7 Å². The second-order valence-corrected chi connectivity index (χ2v) is 12.6. The van der Waals surface area contributed by atoms with Crippen molar-refractivity contribution < 1.29 is 18.0 Å². The molecular formula is C30H35Cl2N3O4S. The molecule has 0 bridgehead atoms. The van der Waals surface area contributed by atoms with Crippen LogP contribution < -0.4 is 9.62 Å². The molecule has 10 heteroatoms. The summed E-state index contributed by atoms with van der Waals surface area (Å²) in [6.45, 7) is 5.64. The molecule has 1 N–H and O–H groups in total. The summed E-state index contributed by atoms with van der Waals surface area (Å²) in [6.07, 6.45) is 1.26. The Morgan fingerprint density at radius 3 is 2.02 bits per heavy atom. The van der Waals surface area contributed by atoms with E-state index in [0.29, 0.717) is 27.8 Å². The highest BCUT2D eigenvalue weighted by Gasteiger charge is 2.33. The number of likely N-dealkylation sites (N-methyl/N-ethyl adjacent to an activating group) is 1. The number of hydrogen-bond acceptors (Lipinski definition) is 4. The van der Waals surface area contributed by atoms with Crippen LogP contribution in [-0.2, 0) is 32.6 Å². The minimum absolute atomic E-state index is 0.0874. The first-order valence-electron chi connectivity index (χ1n) is 13.0. The van der Waals surface area contributed by atoms with E-state index in [1.54, 1.807) is 37.3 Å². The number of amides is 2. The molecule has 0 aliphatic carbocycles. The van der Waals surface area contributed by atoms with Gasteiger partial charge in [0.2, 0.25) is 21.8 Å². The summed E-state index contributed by atoms with van der Waals surface area (Å²) in [7, 11) is -3.85. The van der Waals surface area contributed by atoms with E-state index < -0.39 is 28.5 Å². The summed E-state index contributed by atoms with van der Waals surface area (Å²) in [4.78, 5) is 28.8. The zero-order valence-electron chi connectivity index (χ0n) is 23.1. The third-order valence-corrected chi connectivity index (χ3v) is 8.39. The number of anilines is 1. The van der Waals surface area contributed by atoms with Gasteiger partial charge in [0.15, 0.2) is 0 Å². The molecule has 0 fully saturated rings. The predicted octanol–water partition coefficient (Wildman–Crippen LogP) is 5.66. The van der Waals surface area contributed by atoms with Crippen molar-refractivity contribution in [3.8, 4) is 0 Å². The van der Waals surface area contributed by atoms with Crippen LogP contribution in [0.5, 0.6) is 0 Å². The third-order valence-electron chi connectivity index (χ3n) is 6.54. The largest absolute Gasteiger partial charge is 0.355 e. The van der Waals surface area contributed by atoms with Crippen LogP contribution in [0.2, 0.25) is 10.0 Å². The first-order chi connectivity index (χ1) is 18.9. The summed E-state index contributed by atoms with van der Waals surface area (Å²) >= 11 is 12.9. The van der Waals surface area contributed by atoms with Crippen molar-refractivity contribution in [3.05, 3.63) is 99.5 Å². The first-order valence-corrected chi connectivity index (χ1v) is 15.6. The normalized spacial score (nSPS) is 12.2. The fourth-order valence-corrected chi connectivity index (χ4v) is 5.71. The molecule has 7 nitrogen and oxygen atoms in total. The van der Waals surface area contributed by atoms with Crippen molar-refractivity contribution in [2.24, 2.45) is 0 Å². The standard InChI is InChI=1S/C30H35Cl2N3O4S/c1-5-33-30(37)28(18-22-10-7-6-8-11-22)34(19-25-26(31)12-9-13-27(25)32)29(36)20-35(40(4,38)39)24-16-14-23(15-17-24)21(2)3/h6-17,21,28H,5,18-20H2,1-4H3,(H,33,37). The van der Waals surface area contributed by atoms with E-state index >= 15 is 0 Å². The number of hydrogen-bond donors (Lipinski definition) is 1. The Morgan fingerprint density at radius 2 is 1.50 bits per heavy atom. The highest BCUT2D eigenvalue weighted by atomic mass is 35.5. The molecule has 0 radical (unpaired) electrons. The molecule has 1 atom stereocenters. The molecule has 40 heavy (non-hydrogen) atoms. The Hall–Kier alpha value is -3.07. The van der Waals surface area contributed by atoms with Gasteiger partial charge >= 0.3 is 0 Å². The topological polar surface area (TPSA) is 86.8 Å². The molecule has 3 aromatic carbocycles. The molecule has 0 aromatic heterocycles. The van der Waals surface area contributed by atoms with E-state index in [9.17, 15) is 18.0 Å². The monoisotopic (exact) mass is 603 g/mol. The lowest BCUT2D eigenvalue weighted by Crippen LogP contribution is -2.53. The molecule has 0 saturated heterocycles. The van der Waals surface area contributed by atoms with Crippen molar-refractivity contribution in [1.82, 2.24) is 10.2 Å². The molecular weight excluding hydrogens is 569 g/mol. The Labute approximate surface area is 247 Å². The Kier molecular flexibility index (Phi) is 11.0. The molecule has 3 rings (SSSR count). The van der Waals surface area contributed by atoms with Gasteiger partial charge in [0.1, 0.15) is 12.6 Å². The van der Waals surface area contributed by atoms with Crippen LogP contribution in [0.4, 0.5) is 5.69 Å². The lowest BCUT2D eigenvalue weighted by atomic mass is 10.0. The minimum Gasteiger partial charge on any atom is -0.355 e. The second-order valence-electron chi connectivity index (χ2n) is 9.84. The molecule has 0 aliphatic rings. The van der Waals surface area contributed by atoms with Gasteiger partial charge in [0.25, 0.3) is 0 Å². The van der Waals surface area contributed by atoms with E-state index in [4.69, 9.17) is 23.2 Å². The maximum absolute atomic E-state index is 14.1. The van der Waals surface area contributed by atoms with Crippen LogP contribution in [0, 0.1) is 0 Å². The van der Waals surface area contributed by atoms with Crippen LogP contribution in [0.15, 0.2) is 72.8 Å². The summed E-state index contributed by atoms with van der Waals surface area (Å²) in [6, 6.07) is 20.4. The molecule has 0 aliphatic heterocycles. The molecule has 0 saturated carbocycles. The Bertz CT molecular complexity index is 1390. The van der Waals surface area contributed by atoms with Crippen LogP contribution in [0.3, 0.4) is 0 Å². The van der Waals surface area contributed by atoms with Gasteiger partial charge in [0.05, 0.1) is 11.9 Å². The van der Waals surface area contributed by atoms with E-state index in [1.165, 1.54) is 4.90 Å². The van der Waals surface area contributed by atoms with Crippen molar-refractivity contribution in [3.63, 3.8) is 0 Å². The van der Waals surface area contributed by atoms with Gasteiger partial charge in [-0.25, -0.2) is 8.42 Å². The number of carbonyl (C=O) groups is 2. The predicted molar refractivity (Wildman–Crippen MR) is 162 cm³/mol. The molecule has 2 amide bonds. The molecule has 1 unspecified atom stereocenters. The van der Waals surface area contributed by atoms with Crippen LogP contribution in [0.25, 0.3) is 0 Å². The van der Waals surface area contributed by atoms with Gasteiger partial charge in [-0.3, -0.25) is 13.9 Å². The minimum atomic E-state index is -3.85. The lowest BCUT2D eigenvalue weighted by Gasteiger charge is -2.34. The van der Waals surface area contributed by atoms with E-state index in [-0.39, 0.29) is 24.8 Å². The average Bonchev–Trinajstić information content (AvgIpc) is 2.90. The molecule has 0 spiro atoms. The van der Waals surface area contributed by atoms with Crippen LogP contribution in [0.1, 0.15) is 43.4 Å². The van der Waals surface area contributed by atoms with E-state index in [2.05, 4.69) is 5.32 Å². The highest BCUT2D eigenvalue weighted by molar-refractivity contribution is 7.92. The first kappa shape index (κ1) is 31.5. The van der Waals surface area contributed by atoms with Gasteiger partial charge < -0.3 is 10.2 Å². The quantitative estimate of drug-likeness (QED) is 0.289. The van der Waals surface area contributed by atoms with Crippen molar-refractivity contribution in [1.29, 1.82) is 0 Å². The second kappa shape index (κ2) is 14.0.